The Morgan fingerprint density at radius 3 is 2.51 bits per heavy atom. The molecule has 0 N–H and O–H groups in total. The van der Waals surface area contributed by atoms with E-state index in [1.807, 2.05) is 68.0 Å². The number of rotatable bonds is 7. The van der Waals surface area contributed by atoms with Gasteiger partial charge in [-0.25, -0.2) is 14.3 Å². The molecule has 0 saturated carbocycles. The summed E-state index contributed by atoms with van der Waals surface area (Å²) in [5.74, 6) is 1.51. The predicted molar refractivity (Wildman–Crippen MR) is 164 cm³/mol. The van der Waals surface area contributed by atoms with Crippen LogP contribution in [0.4, 0.5) is 9.93 Å². The number of methoxy groups -OCH3 is 1. The van der Waals surface area contributed by atoms with Crippen molar-refractivity contribution < 1.29 is 23.7 Å². The van der Waals surface area contributed by atoms with E-state index in [0.717, 1.165) is 64.2 Å². The molecule has 3 aromatic heterocycles. The van der Waals surface area contributed by atoms with Crippen molar-refractivity contribution in [3.63, 3.8) is 0 Å². The molecule has 0 radical (unpaired) electrons. The lowest BCUT2D eigenvalue weighted by Crippen LogP contribution is -2.41. The third-order valence-corrected chi connectivity index (χ3v) is 8.72. The number of likely N-dealkylation sites (tertiary alicyclic amines) is 1. The average Bonchev–Trinajstić information content (AvgIpc) is 3.67. The standard InChI is InChI=1S/C31H38N6O5S/c1-31(2,3)42-30(38)36-11-9-22(10-12-36)25-17-27(41-20-21-5-7-23(39-4)8-6-21)34-28-24(18-33-37(25)28)26-19-32-29(43-26)35-13-15-40-16-14-35/h5-8,17-19,22H,9-16,20H2,1-4H3. The molecule has 228 valence electrons. The van der Waals surface area contributed by atoms with Crippen LogP contribution in [0, 0.1) is 0 Å². The number of hydrogen-bond donors (Lipinski definition) is 0. The van der Waals surface area contributed by atoms with Crippen molar-refractivity contribution in [2.24, 2.45) is 0 Å². The van der Waals surface area contributed by atoms with E-state index in [1.165, 1.54) is 0 Å². The molecule has 43 heavy (non-hydrogen) atoms. The van der Waals surface area contributed by atoms with Gasteiger partial charge in [0.2, 0.25) is 5.88 Å². The molecule has 12 heteroatoms. The van der Waals surface area contributed by atoms with Crippen LogP contribution in [0.1, 0.15) is 50.8 Å². The van der Waals surface area contributed by atoms with Gasteiger partial charge in [0.05, 0.1) is 42.7 Å². The highest BCUT2D eigenvalue weighted by atomic mass is 32.1. The van der Waals surface area contributed by atoms with Crippen molar-refractivity contribution in [3.05, 3.63) is 54.0 Å². The van der Waals surface area contributed by atoms with Gasteiger partial charge in [0, 0.05) is 44.4 Å². The lowest BCUT2D eigenvalue weighted by atomic mass is 9.93. The number of fused-ring (bicyclic) bond motifs is 1. The largest absolute Gasteiger partial charge is 0.497 e. The fourth-order valence-electron chi connectivity index (χ4n) is 5.35. The Balaban J connectivity index is 1.28. The zero-order valence-electron chi connectivity index (χ0n) is 25.1. The van der Waals surface area contributed by atoms with E-state index in [1.54, 1.807) is 23.3 Å². The van der Waals surface area contributed by atoms with E-state index in [-0.39, 0.29) is 12.0 Å². The van der Waals surface area contributed by atoms with E-state index >= 15 is 0 Å². The summed E-state index contributed by atoms with van der Waals surface area (Å²) in [5, 5.41) is 5.77. The van der Waals surface area contributed by atoms with Gasteiger partial charge < -0.3 is 28.7 Å². The van der Waals surface area contributed by atoms with Gasteiger partial charge in [0.1, 0.15) is 18.0 Å². The van der Waals surface area contributed by atoms with Gasteiger partial charge in [0.25, 0.3) is 0 Å². The van der Waals surface area contributed by atoms with Crippen molar-refractivity contribution in [2.75, 3.05) is 51.4 Å². The van der Waals surface area contributed by atoms with E-state index in [0.29, 0.717) is 38.8 Å². The van der Waals surface area contributed by atoms with Crippen molar-refractivity contribution in [1.29, 1.82) is 0 Å². The number of amides is 1. The van der Waals surface area contributed by atoms with Crippen molar-refractivity contribution in [2.45, 2.75) is 51.7 Å². The summed E-state index contributed by atoms with van der Waals surface area (Å²) in [5.41, 5.74) is 3.16. The molecular formula is C31H38N6O5S. The Labute approximate surface area is 255 Å². The number of carbonyl (C=O) groups is 1. The monoisotopic (exact) mass is 606 g/mol. The predicted octanol–water partition coefficient (Wildman–Crippen LogP) is 5.39. The number of morpholine rings is 1. The van der Waals surface area contributed by atoms with Crippen LogP contribution in [0.2, 0.25) is 0 Å². The number of hydrogen-bond acceptors (Lipinski definition) is 10. The number of nitrogens with zero attached hydrogens (tertiary/aromatic N) is 6. The number of benzene rings is 1. The number of thiazole rings is 1. The molecule has 2 aliphatic heterocycles. The van der Waals surface area contributed by atoms with Gasteiger partial charge in [0.15, 0.2) is 10.8 Å². The lowest BCUT2D eigenvalue weighted by molar-refractivity contribution is 0.0203. The summed E-state index contributed by atoms with van der Waals surface area (Å²) in [4.78, 5) is 27.4. The number of aromatic nitrogens is 4. The highest BCUT2D eigenvalue weighted by molar-refractivity contribution is 7.19. The lowest BCUT2D eigenvalue weighted by Gasteiger charge is -2.33. The molecular weight excluding hydrogens is 568 g/mol. The number of ether oxygens (including phenoxy) is 4. The van der Waals surface area contributed by atoms with Crippen LogP contribution in [0.15, 0.2) is 42.7 Å². The van der Waals surface area contributed by atoms with Gasteiger partial charge in [-0.05, 0) is 51.3 Å². The fraction of sp³-hybridized carbons (Fsp3) is 0.484. The van der Waals surface area contributed by atoms with E-state index in [4.69, 9.17) is 34.0 Å². The molecule has 0 aliphatic carbocycles. The minimum absolute atomic E-state index is 0.172. The molecule has 5 heterocycles. The van der Waals surface area contributed by atoms with Crippen molar-refractivity contribution in [1.82, 2.24) is 24.5 Å². The third kappa shape index (κ3) is 6.70. The van der Waals surface area contributed by atoms with Crippen LogP contribution in [0.3, 0.4) is 0 Å². The second kappa shape index (κ2) is 12.4. The first-order chi connectivity index (χ1) is 20.8. The molecule has 2 fully saturated rings. The zero-order chi connectivity index (χ0) is 30.0. The molecule has 1 amide bonds. The molecule has 2 saturated heterocycles. The number of carbonyl (C=O) groups excluding carboxylic acids is 1. The molecule has 4 aromatic rings. The Bertz CT molecular complexity index is 1550. The fourth-order valence-corrected chi connectivity index (χ4v) is 6.33. The first-order valence-corrected chi connectivity index (χ1v) is 15.5. The minimum atomic E-state index is -0.523. The maximum atomic E-state index is 12.7. The Morgan fingerprint density at radius 2 is 1.81 bits per heavy atom. The normalized spacial score (nSPS) is 16.5. The topological polar surface area (TPSA) is 104 Å². The second-order valence-electron chi connectivity index (χ2n) is 11.8. The van der Waals surface area contributed by atoms with E-state index < -0.39 is 5.60 Å². The van der Waals surface area contributed by atoms with Gasteiger partial charge in [-0.15, -0.1) is 0 Å². The SMILES string of the molecule is COc1ccc(COc2cc(C3CCN(C(=O)OC(C)(C)C)CC3)n3ncc(-c4cnc(N5CCOCC5)s4)c3n2)cc1. The van der Waals surface area contributed by atoms with E-state index in [2.05, 4.69) is 4.90 Å². The van der Waals surface area contributed by atoms with Crippen molar-refractivity contribution in [3.8, 4) is 22.1 Å². The van der Waals surface area contributed by atoms with Crippen LogP contribution in [-0.4, -0.2) is 82.7 Å². The smallest absolute Gasteiger partial charge is 0.410 e. The Morgan fingerprint density at radius 1 is 1.07 bits per heavy atom. The highest BCUT2D eigenvalue weighted by Gasteiger charge is 2.30. The summed E-state index contributed by atoms with van der Waals surface area (Å²) in [6, 6.07) is 9.81. The molecule has 11 nitrogen and oxygen atoms in total. The molecule has 0 unspecified atom stereocenters. The van der Waals surface area contributed by atoms with Crippen molar-refractivity contribution >= 4 is 28.2 Å². The summed E-state index contributed by atoms with van der Waals surface area (Å²) in [6.45, 7) is 10.3. The van der Waals surface area contributed by atoms with Gasteiger partial charge in [-0.3, -0.25) is 0 Å². The van der Waals surface area contributed by atoms with Crippen LogP contribution >= 0.6 is 11.3 Å². The van der Waals surface area contributed by atoms with Crippen LogP contribution < -0.4 is 14.4 Å². The third-order valence-electron chi connectivity index (χ3n) is 7.63. The maximum absolute atomic E-state index is 12.7. The number of piperidine rings is 1. The number of anilines is 1. The molecule has 0 spiro atoms. The average molecular weight is 607 g/mol. The van der Waals surface area contributed by atoms with Gasteiger partial charge in [-0.1, -0.05) is 23.5 Å². The first kappa shape index (κ1) is 29.2. The highest BCUT2D eigenvalue weighted by Crippen LogP contribution is 2.37. The summed E-state index contributed by atoms with van der Waals surface area (Å²) in [6.07, 6.45) is 5.07. The molecule has 6 rings (SSSR count). The summed E-state index contributed by atoms with van der Waals surface area (Å²) in [7, 11) is 1.65. The molecule has 0 bridgehead atoms. The molecule has 1 aromatic carbocycles. The minimum Gasteiger partial charge on any atom is -0.497 e. The zero-order valence-corrected chi connectivity index (χ0v) is 25.9. The molecule has 0 atom stereocenters. The van der Waals surface area contributed by atoms with Gasteiger partial charge in [-0.2, -0.15) is 10.1 Å². The van der Waals surface area contributed by atoms with Crippen LogP contribution in [-0.2, 0) is 16.1 Å². The maximum Gasteiger partial charge on any atom is 0.410 e. The first-order valence-electron chi connectivity index (χ1n) is 14.7. The Kier molecular flexibility index (Phi) is 8.40. The Hall–Kier alpha value is -3.90. The van der Waals surface area contributed by atoms with Crippen LogP contribution in [0.25, 0.3) is 16.1 Å². The van der Waals surface area contributed by atoms with E-state index in [9.17, 15) is 4.79 Å². The quantitative estimate of drug-likeness (QED) is 0.274. The second-order valence-corrected chi connectivity index (χ2v) is 12.8. The van der Waals surface area contributed by atoms with Crippen LogP contribution in [0.5, 0.6) is 11.6 Å². The summed E-state index contributed by atoms with van der Waals surface area (Å²) >= 11 is 1.64. The van der Waals surface area contributed by atoms with Gasteiger partial charge >= 0.3 is 6.09 Å². The summed E-state index contributed by atoms with van der Waals surface area (Å²) < 4.78 is 24.6. The molecule has 2 aliphatic rings.